The number of rotatable bonds is 3. The number of nitrogens with one attached hydrogen (secondary N) is 2. The minimum atomic E-state index is -1.00. The zero-order valence-corrected chi connectivity index (χ0v) is 10.7. The number of carboxylic acid groups (broad SMARTS) is 1. The summed E-state index contributed by atoms with van der Waals surface area (Å²) in [5.41, 5.74) is -1.00. The van der Waals surface area contributed by atoms with E-state index in [1.54, 1.807) is 13.8 Å². The molecule has 18 heavy (non-hydrogen) atoms. The van der Waals surface area contributed by atoms with Crippen LogP contribution < -0.4 is 10.6 Å². The lowest BCUT2D eigenvalue weighted by atomic mass is 9.94. The number of hydrogen-bond donors (Lipinski definition) is 3. The SMILES string of the molecule is CC(C)(CNC(=O)N1CCNC(=O)CC1)C(=O)O. The van der Waals surface area contributed by atoms with Crippen molar-refractivity contribution in [1.82, 2.24) is 15.5 Å². The van der Waals surface area contributed by atoms with Crippen LogP contribution in [0.1, 0.15) is 20.3 Å². The molecule has 3 amide bonds. The highest BCUT2D eigenvalue weighted by atomic mass is 16.4. The Hall–Kier alpha value is -1.79. The van der Waals surface area contributed by atoms with E-state index >= 15 is 0 Å². The van der Waals surface area contributed by atoms with Gasteiger partial charge in [-0.05, 0) is 13.8 Å². The smallest absolute Gasteiger partial charge is 0.317 e. The molecule has 7 heteroatoms. The van der Waals surface area contributed by atoms with Crippen LogP contribution in [0, 0.1) is 5.41 Å². The van der Waals surface area contributed by atoms with E-state index in [4.69, 9.17) is 5.11 Å². The van der Waals surface area contributed by atoms with Gasteiger partial charge in [-0.1, -0.05) is 0 Å². The fraction of sp³-hybridized carbons (Fsp3) is 0.727. The molecule has 102 valence electrons. The first-order valence-corrected chi connectivity index (χ1v) is 5.86. The largest absolute Gasteiger partial charge is 0.481 e. The van der Waals surface area contributed by atoms with Gasteiger partial charge in [0.2, 0.25) is 5.91 Å². The number of carbonyl (C=O) groups is 3. The Labute approximate surface area is 106 Å². The second-order valence-electron chi connectivity index (χ2n) is 4.93. The van der Waals surface area contributed by atoms with Gasteiger partial charge in [-0.3, -0.25) is 9.59 Å². The van der Waals surface area contributed by atoms with Crippen molar-refractivity contribution in [2.75, 3.05) is 26.2 Å². The van der Waals surface area contributed by atoms with Gasteiger partial charge in [0.15, 0.2) is 0 Å². The third-order valence-corrected chi connectivity index (χ3v) is 2.86. The fourth-order valence-corrected chi connectivity index (χ4v) is 1.45. The summed E-state index contributed by atoms with van der Waals surface area (Å²) in [5.74, 6) is -1.04. The summed E-state index contributed by atoms with van der Waals surface area (Å²) in [4.78, 5) is 35.3. The molecule has 0 radical (unpaired) electrons. The molecule has 0 aromatic rings. The van der Waals surface area contributed by atoms with Crippen molar-refractivity contribution >= 4 is 17.9 Å². The van der Waals surface area contributed by atoms with Crippen molar-refractivity contribution in [2.24, 2.45) is 5.41 Å². The van der Waals surface area contributed by atoms with Crippen LogP contribution in [-0.2, 0) is 9.59 Å². The van der Waals surface area contributed by atoms with Gasteiger partial charge in [0, 0.05) is 32.6 Å². The number of carbonyl (C=O) groups excluding carboxylic acids is 2. The van der Waals surface area contributed by atoms with Gasteiger partial charge in [0.05, 0.1) is 5.41 Å². The van der Waals surface area contributed by atoms with Crippen molar-refractivity contribution in [3.8, 4) is 0 Å². The monoisotopic (exact) mass is 257 g/mol. The van der Waals surface area contributed by atoms with Crippen LogP contribution in [0.4, 0.5) is 4.79 Å². The summed E-state index contributed by atoms with van der Waals surface area (Å²) in [6.07, 6.45) is 0.274. The van der Waals surface area contributed by atoms with Crippen LogP contribution in [0.15, 0.2) is 0 Å². The molecule has 0 saturated carbocycles. The van der Waals surface area contributed by atoms with E-state index < -0.39 is 11.4 Å². The Morgan fingerprint density at radius 2 is 2.11 bits per heavy atom. The number of aliphatic carboxylic acids is 1. The maximum Gasteiger partial charge on any atom is 0.317 e. The maximum atomic E-state index is 11.8. The Balaban J connectivity index is 2.45. The van der Waals surface area contributed by atoms with Crippen LogP contribution in [-0.4, -0.2) is 54.1 Å². The first-order chi connectivity index (χ1) is 8.33. The summed E-state index contributed by atoms with van der Waals surface area (Å²) in [7, 11) is 0. The highest BCUT2D eigenvalue weighted by Crippen LogP contribution is 2.13. The lowest BCUT2D eigenvalue weighted by Crippen LogP contribution is -2.46. The van der Waals surface area contributed by atoms with Gasteiger partial charge in [-0.25, -0.2) is 4.79 Å². The fourth-order valence-electron chi connectivity index (χ4n) is 1.45. The first-order valence-electron chi connectivity index (χ1n) is 5.86. The zero-order chi connectivity index (χ0) is 13.8. The highest BCUT2D eigenvalue weighted by molar-refractivity contribution is 5.80. The second kappa shape index (κ2) is 5.70. The summed E-state index contributed by atoms with van der Waals surface area (Å²) in [6, 6.07) is -0.333. The third kappa shape index (κ3) is 3.90. The van der Waals surface area contributed by atoms with E-state index in [-0.39, 0.29) is 24.9 Å². The van der Waals surface area contributed by atoms with Crippen LogP contribution >= 0.6 is 0 Å². The molecule has 0 spiro atoms. The Morgan fingerprint density at radius 3 is 2.72 bits per heavy atom. The van der Waals surface area contributed by atoms with E-state index in [0.29, 0.717) is 19.6 Å². The number of urea groups is 1. The Bertz CT molecular complexity index is 354. The molecule has 0 aromatic carbocycles. The van der Waals surface area contributed by atoms with Crippen LogP contribution in [0.25, 0.3) is 0 Å². The van der Waals surface area contributed by atoms with E-state index in [2.05, 4.69) is 10.6 Å². The minimum absolute atomic E-state index is 0.0546. The molecule has 0 bridgehead atoms. The van der Waals surface area contributed by atoms with Gasteiger partial charge in [-0.2, -0.15) is 0 Å². The zero-order valence-electron chi connectivity index (χ0n) is 10.7. The predicted molar refractivity (Wildman–Crippen MR) is 64.0 cm³/mol. The molecule has 1 heterocycles. The van der Waals surface area contributed by atoms with Crippen LogP contribution in [0.5, 0.6) is 0 Å². The van der Waals surface area contributed by atoms with Crippen molar-refractivity contribution in [3.63, 3.8) is 0 Å². The van der Waals surface area contributed by atoms with Crippen molar-refractivity contribution in [1.29, 1.82) is 0 Å². The first kappa shape index (κ1) is 14.3. The number of nitrogens with zero attached hydrogens (tertiary/aromatic N) is 1. The highest BCUT2D eigenvalue weighted by Gasteiger charge is 2.28. The molecule has 0 unspecified atom stereocenters. The molecule has 0 aromatic heterocycles. The van der Waals surface area contributed by atoms with Gasteiger partial charge in [0.1, 0.15) is 0 Å². The molecule has 1 aliphatic heterocycles. The van der Waals surface area contributed by atoms with E-state index in [0.717, 1.165) is 0 Å². The topological polar surface area (TPSA) is 98.7 Å². The standard InChI is InChI=1S/C11H19N3O4/c1-11(2,9(16)17)7-13-10(18)14-5-3-8(15)12-4-6-14/h3-7H2,1-2H3,(H,12,15)(H,13,18)(H,16,17). The van der Waals surface area contributed by atoms with Crippen LogP contribution in [0.3, 0.4) is 0 Å². The quantitative estimate of drug-likeness (QED) is 0.642. The molecular weight excluding hydrogens is 238 g/mol. The molecule has 1 aliphatic rings. The molecule has 0 atom stereocenters. The van der Waals surface area contributed by atoms with Crippen LogP contribution in [0.2, 0.25) is 0 Å². The summed E-state index contributed by atoms with van der Waals surface area (Å²) in [6.45, 7) is 4.36. The Kier molecular flexibility index (Phi) is 4.52. The molecule has 3 N–H and O–H groups in total. The van der Waals surface area contributed by atoms with Gasteiger partial charge < -0.3 is 20.6 Å². The van der Waals surface area contributed by atoms with Crippen molar-refractivity contribution in [3.05, 3.63) is 0 Å². The number of hydrogen-bond acceptors (Lipinski definition) is 3. The van der Waals surface area contributed by atoms with Crippen molar-refractivity contribution in [2.45, 2.75) is 20.3 Å². The molecule has 1 saturated heterocycles. The third-order valence-electron chi connectivity index (χ3n) is 2.86. The van der Waals surface area contributed by atoms with Crippen molar-refractivity contribution < 1.29 is 19.5 Å². The van der Waals surface area contributed by atoms with E-state index in [9.17, 15) is 14.4 Å². The van der Waals surface area contributed by atoms with Gasteiger partial charge in [-0.15, -0.1) is 0 Å². The van der Waals surface area contributed by atoms with E-state index in [1.807, 2.05) is 0 Å². The summed E-state index contributed by atoms with van der Waals surface area (Å²) in [5, 5.41) is 14.2. The summed E-state index contributed by atoms with van der Waals surface area (Å²) < 4.78 is 0. The minimum Gasteiger partial charge on any atom is -0.481 e. The molecule has 7 nitrogen and oxygen atoms in total. The second-order valence-corrected chi connectivity index (χ2v) is 4.93. The Morgan fingerprint density at radius 1 is 1.44 bits per heavy atom. The summed E-state index contributed by atoms with van der Waals surface area (Å²) >= 11 is 0. The normalized spacial score (nSPS) is 16.8. The molecule has 0 aliphatic carbocycles. The molecule has 1 fully saturated rings. The average Bonchev–Trinajstić information content (AvgIpc) is 2.51. The molecular formula is C11H19N3O4. The predicted octanol–water partition coefficient (Wildman–Crippen LogP) is -0.371. The average molecular weight is 257 g/mol. The number of carboxylic acids is 1. The molecule has 1 rings (SSSR count). The maximum absolute atomic E-state index is 11.8. The lowest BCUT2D eigenvalue weighted by molar-refractivity contribution is -0.146. The number of amides is 3. The van der Waals surface area contributed by atoms with E-state index in [1.165, 1.54) is 4.90 Å². The lowest BCUT2D eigenvalue weighted by Gasteiger charge is -2.24. The van der Waals surface area contributed by atoms with Gasteiger partial charge in [0.25, 0.3) is 0 Å². The van der Waals surface area contributed by atoms with Gasteiger partial charge >= 0.3 is 12.0 Å².